The molecule has 0 saturated carbocycles. The van der Waals surface area contributed by atoms with Crippen molar-refractivity contribution >= 4 is 21.6 Å². The van der Waals surface area contributed by atoms with E-state index in [1.165, 1.54) is 0 Å². The molecule has 0 atom stereocenters. The van der Waals surface area contributed by atoms with Crippen molar-refractivity contribution in [1.82, 2.24) is 4.98 Å². The van der Waals surface area contributed by atoms with Gasteiger partial charge in [-0.2, -0.15) is 0 Å². The first-order valence-corrected chi connectivity index (χ1v) is 6.75. The Hall–Kier alpha value is -1.75. The third kappa shape index (κ3) is 4.44. The molecule has 0 amide bonds. The maximum atomic E-state index is 5.77. The predicted octanol–water partition coefficient (Wildman–Crippen LogP) is 3.27. The van der Waals surface area contributed by atoms with Crippen molar-refractivity contribution in [2.24, 2.45) is 0 Å². The Labute approximate surface area is 120 Å². The molecule has 0 fully saturated rings. The quantitative estimate of drug-likeness (QED) is 0.655. The minimum Gasteiger partial charge on any atom is -0.492 e. The number of hydrogen-bond donors (Lipinski definition) is 1. The van der Waals surface area contributed by atoms with Gasteiger partial charge in [-0.15, -0.1) is 0 Å². The van der Waals surface area contributed by atoms with Gasteiger partial charge in [0, 0.05) is 17.1 Å². The number of pyridine rings is 1. The first-order valence-electron chi connectivity index (χ1n) is 5.96. The van der Waals surface area contributed by atoms with Gasteiger partial charge in [0.2, 0.25) is 0 Å². The number of nitrogen functional groups attached to an aromatic ring is 1. The van der Waals surface area contributed by atoms with Crippen molar-refractivity contribution < 1.29 is 9.47 Å². The van der Waals surface area contributed by atoms with E-state index in [9.17, 15) is 0 Å². The van der Waals surface area contributed by atoms with Crippen LogP contribution in [0.5, 0.6) is 11.5 Å². The summed E-state index contributed by atoms with van der Waals surface area (Å²) in [6.45, 7) is 1.14. The summed E-state index contributed by atoms with van der Waals surface area (Å²) in [6.07, 6.45) is 4.18. The summed E-state index contributed by atoms with van der Waals surface area (Å²) in [4.78, 5) is 4.02. The summed E-state index contributed by atoms with van der Waals surface area (Å²) in [5.74, 6) is 1.46. The van der Waals surface area contributed by atoms with Crippen LogP contribution in [0.2, 0.25) is 0 Å². The molecule has 0 spiro atoms. The van der Waals surface area contributed by atoms with Gasteiger partial charge in [-0.25, -0.2) is 0 Å². The maximum absolute atomic E-state index is 5.77. The lowest BCUT2D eigenvalue weighted by Gasteiger charge is -2.09. The average Bonchev–Trinajstić information content (AvgIpc) is 2.40. The summed E-state index contributed by atoms with van der Waals surface area (Å²) < 4.78 is 12.0. The molecule has 1 aromatic heterocycles. The highest BCUT2D eigenvalue weighted by Gasteiger charge is 1.99. The van der Waals surface area contributed by atoms with Gasteiger partial charge in [0.15, 0.2) is 0 Å². The van der Waals surface area contributed by atoms with E-state index in [-0.39, 0.29) is 0 Å². The number of halogens is 1. The van der Waals surface area contributed by atoms with Crippen molar-refractivity contribution in [3.05, 3.63) is 47.2 Å². The number of nitrogens with two attached hydrogens (primary N) is 1. The van der Waals surface area contributed by atoms with Gasteiger partial charge in [-0.1, -0.05) is 12.1 Å². The molecule has 0 aliphatic carbocycles. The second-order valence-corrected chi connectivity index (χ2v) is 4.84. The van der Waals surface area contributed by atoms with Gasteiger partial charge in [-0.05, 0) is 34.1 Å². The molecule has 0 unspecified atom stereocenters. The van der Waals surface area contributed by atoms with Crippen LogP contribution in [0.4, 0.5) is 5.69 Å². The number of aromatic nitrogens is 1. The van der Waals surface area contributed by atoms with E-state index >= 15 is 0 Å². The number of para-hydroxylation sites is 2. The molecule has 0 saturated heterocycles. The fraction of sp³-hybridized carbons (Fsp3) is 0.214. The molecule has 0 aliphatic heterocycles. The number of anilines is 1. The fourth-order valence-corrected chi connectivity index (χ4v) is 1.86. The summed E-state index contributed by atoms with van der Waals surface area (Å²) in [5.41, 5.74) is 6.43. The molecule has 1 heterocycles. The minimum atomic E-state index is 0.565. The van der Waals surface area contributed by atoms with Crippen LogP contribution in [0, 0.1) is 0 Å². The Bertz CT molecular complexity index is 534. The Morgan fingerprint density at radius 2 is 1.89 bits per heavy atom. The van der Waals surface area contributed by atoms with E-state index in [1.807, 2.05) is 30.3 Å². The minimum absolute atomic E-state index is 0.565. The Morgan fingerprint density at radius 1 is 1.11 bits per heavy atom. The third-order valence-corrected chi connectivity index (χ3v) is 2.85. The van der Waals surface area contributed by atoms with Gasteiger partial charge in [0.25, 0.3) is 0 Å². The topological polar surface area (TPSA) is 57.4 Å². The van der Waals surface area contributed by atoms with Crippen molar-refractivity contribution in [1.29, 1.82) is 0 Å². The molecule has 100 valence electrons. The highest BCUT2D eigenvalue weighted by molar-refractivity contribution is 9.10. The molecule has 4 nitrogen and oxygen atoms in total. The molecule has 19 heavy (non-hydrogen) atoms. The molecule has 2 aromatic rings. The zero-order chi connectivity index (χ0) is 13.5. The average molecular weight is 323 g/mol. The van der Waals surface area contributed by atoms with Gasteiger partial charge < -0.3 is 15.2 Å². The Balaban J connectivity index is 1.69. The molecular weight excluding hydrogens is 308 g/mol. The maximum Gasteiger partial charge on any atom is 0.142 e. The number of ether oxygens (including phenoxy) is 2. The van der Waals surface area contributed by atoms with Crippen molar-refractivity contribution in [3.63, 3.8) is 0 Å². The SMILES string of the molecule is Nc1ccccc1OCCCOc1cncc(Br)c1. The molecule has 0 radical (unpaired) electrons. The predicted molar refractivity (Wildman–Crippen MR) is 78.4 cm³/mol. The Kier molecular flexibility index (Phi) is 5.03. The van der Waals surface area contributed by atoms with Gasteiger partial charge in [0.05, 0.1) is 25.1 Å². The number of nitrogens with zero attached hydrogens (tertiary/aromatic N) is 1. The molecule has 1 aromatic carbocycles. The number of rotatable bonds is 6. The highest BCUT2D eigenvalue weighted by Crippen LogP contribution is 2.20. The molecule has 2 N–H and O–H groups in total. The van der Waals surface area contributed by atoms with Gasteiger partial charge in [0.1, 0.15) is 11.5 Å². The molecule has 2 rings (SSSR count). The lowest BCUT2D eigenvalue weighted by molar-refractivity contribution is 0.247. The smallest absolute Gasteiger partial charge is 0.142 e. The van der Waals surface area contributed by atoms with Gasteiger partial charge in [-0.3, -0.25) is 4.98 Å². The van der Waals surface area contributed by atoms with E-state index < -0.39 is 0 Å². The Morgan fingerprint density at radius 3 is 2.68 bits per heavy atom. The van der Waals surface area contributed by atoms with E-state index in [0.717, 1.165) is 16.6 Å². The van der Waals surface area contributed by atoms with Crippen LogP contribution in [0.3, 0.4) is 0 Å². The largest absolute Gasteiger partial charge is 0.492 e. The second kappa shape index (κ2) is 6.99. The van der Waals surface area contributed by atoms with E-state index in [4.69, 9.17) is 15.2 Å². The van der Waals surface area contributed by atoms with Crippen LogP contribution >= 0.6 is 15.9 Å². The molecule has 5 heteroatoms. The lowest BCUT2D eigenvalue weighted by Crippen LogP contribution is -2.06. The van der Waals surface area contributed by atoms with E-state index in [0.29, 0.717) is 24.7 Å². The first-order chi connectivity index (χ1) is 9.25. The van der Waals surface area contributed by atoms with Crippen LogP contribution in [0.25, 0.3) is 0 Å². The van der Waals surface area contributed by atoms with Gasteiger partial charge >= 0.3 is 0 Å². The third-order valence-electron chi connectivity index (χ3n) is 2.41. The van der Waals surface area contributed by atoms with E-state index in [2.05, 4.69) is 20.9 Å². The van der Waals surface area contributed by atoms with Crippen LogP contribution in [-0.2, 0) is 0 Å². The second-order valence-electron chi connectivity index (χ2n) is 3.93. The lowest BCUT2D eigenvalue weighted by atomic mass is 10.3. The van der Waals surface area contributed by atoms with Crippen LogP contribution in [0.1, 0.15) is 6.42 Å². The molecule has 0 bridgehead atoms. The van der Waals surface area contributed by atoms with Crippen molar-refractivity contribution in [2.75, 3.05) is 18.9 Å². The van der Waals surface area contributed by atoms with Crippen LogP contribution < -0.4 is 15.2 Å². The summed E-state index contributed by atoms with van der Waals surface area (Å²) in [6, 6.07) is 9.33. The summed E-state index contributed by atoms with van der Waals surface area (Å²) >= 11 is 3.34. The monoisotopic (exact) mass is 322 g/mol. The van der Waals surface area contributed by atoms with E-state index in [1.54, 1.807) is 12.4 Å². The number of hydrogen-bond acceptors (Lipinski definition) is 4. The zero-order valence-corrected chi connectivity index (χ0v) is 12.0. The normalized spacial score (nSPS) is 10.2. The van der Waals surface area contributed by atoms with Crippen LogP contribution in [0.15, 0.2) is 47.2 Å². The van der Waals surface area contributed by atoms with Crippen molar-refractivity contribution in [3.8, 4) is 11.5 Å². The highest BCUT2D eigenvalue weighted by atomic mass is 79.9. The first kappa shape index (κ1) is 13.7. The summed E-state index contributed by atoms with van der Waals surface area (Å²) in [5, 5.41) is 0. The molecule has 0 aliphatic rings. The van der Waals surface area contributed by atoms with Crippen LogP contribution in [-0.4, -0.2) is 18.2 Å². The fourth-order valence-electron chi connectivity index (χ4n) is 1.51. The zero-order valence-electron chi connectivity index (χ0n) is 10.4. The molecular formula is C14H15BrN2O2. The standard InChI is InChI=1S/C14H15BrN2O2/c15-11-8-12(10-17-9-11)18-6-3-7-19-14-5-2-1-4-13(14)16/h1-2,4-5,8-10H,3,6-7,16H2. The van der Waals surface area contributed by atoms with Crippen molar-refractivity contribution in [2.45, 2.75) is 6.42 Å². The summed E-state index contributed by atoms with van der Waals surface area (Å²) in [7, 11) is 0. The number of benzene rings is 1.